The highest BCUT2D eigenvalue weighted by atomic mass is 32.1. The van der Waals surface area contributed by atoms with E-state index in [0.717, 1.165) is 12.3 Å². The molecule has 2 nitrogen and oxygen atoms in total. The predicted octanol–water partition coefficient (Wildman–Crippen LogP) is 3.76. The van der Waals surface area contributed by atoms with E-state index in [9.17, 15) is 0 Å². The molecule has 2 rings (SSSR count). The smallest absolute Gasteiger partial charge is 0.0794 e. The van der Waals surface area contributed by atoms with Crippen molar-refractivity contribution < 1.29 is 0 Å². The quantitative estimate of drug-likeness (QED) is 0.829. The van der Waals surface area contributed by atoms with Crippen molar-refractivity contribution in [3.05, 3.63) is 16.6 Å². The summed E-state index contributed by atoms with van der Waals surface area (Å²) in [4.78, 5) is 5.50. The van der Waals surface area contributed by atoms with E-state index in [-0.39, 0.29) is 5.54 Å². The van der Waals surface area contributed by atoms with E-state index in [1.807, 2.05) is 11.7 Å². The highest BCUT2D eigenvalue weighted by molar-refractivity contribution is 7.09. The number of hydrogen-bond donors (Lipinski definition) is 1. The SMILES string of the molecule is CCCC1CCCC(N)(Cc2cncs2)CC1. The number of nitrogens with zero attached hydrogens (tertiary/aromatic N) is 1. The Labute approximate surface area is 109 Å². The normalized spacial score (nSPS) is 30.1. The summed E-state index contributed by atoms with van der Waals surface area (Å²) in [5.74, 6) is 0.923. The van der Waals surface area contributed by atoms with Gasteiger partial charge in [0.05, 0.1) is 5.51 Å². The van der Waals surface area contributed by atoms with Crippen molar-refractivity contribution in [1.29, 1.82) is 0 Å². The number of nitrogens with two attached hydrogens (primary N) is 1. The van der Waals surface area contributed by atoms with Gasteiger partial charge in [0.25, 0.3) is 0 Å². The Balaban J connectivity index is 1.92. The molecule has 0 aromatic carbocycles. The molecule has 1 aliphatic rings. The molecule has 2 unspecified atom stereocenters. The minimum Gasteiger partial charge on any atom is -0.325 e. The van der Waals surface area contributed by atoms with E-state index in [2.05, 4.69) is 11.9 Å². The Morgan fingerprint density at radius 1 is 1.47 bits per heavy atom. The average molecular weight is 252 g/mol. The minimum absolute atomic E-state index is 0.0367. The molecule has 2 atom stereocenters. The summed E-state index contributed by atoms with van der Waals surface area (Å²) < 4.78 is 0. The van der Waals surface area contributed by atoms with Gasteiger partial charge in [0.1, 0.15) is 0 Å². The summed E-state index contributed by atoms with van der Waals surface area (Å²) in [5.41, 5.74) is 8.54. The molecule has 3 heteroatoms. The van der Waals surface area contributed by atoms with Crippen LogP contribution in [0.1, 0.15) is 56.7 Å². The Kier molecular flexibility index (Phi) is 4.57. The summed E-state index contributed by atoms with van der Waals surface area (Å²) in [6, 6.07) is 0. The minimum atomic E-state index is 0.0367. The molecule has 0 amide bonds. The van der Waals surface area contributed by atoms with Crippen LogP contribution in [0.2, 0.25) is 0 Å². The lowest BCUT2D eigenvalue weighted by Gasteiger charge is -2.27. The Morgan fingerprint density at radius 2 is 2.35 bits per heavy atom. The van der Waals surface area contributed by atoms with Crippen molar-refractivity contribution in [3.8, 4) is 0 Å². The largest absolute Gasteiger partial charge is 0.325 e. The molecule has 1 heterocycles. The van der Waals surface area contributed by atoms with Crippen LogP contribution in [-0.2, 0) is 6.42 Å². The maximum absolute atomic E-state index is 6.59. The van der Waals surface area contributed by atoms with Crippen molar-refractivity contribution in [2.45, 2.75) is 63.8 Å². The maximum Gasteiger partial charge on any atom is 0.0794 e. The molecule has 0 aliphatic heterocycles. The molecule has 1 aromatic heterocycles. The summed E-state index contributed by atoms with van der Waals surface area (Å²) in [6.07, 6.45) is 12.1. The molecule has 0 bridgehead atoms. The first kappa shape index (κ1) is 13.0. The maximum atomic E-state index is 6.59. The van der Waals surface area contributed by atoms with E-state index in [4.69, 9.17) is 5.73 Å². The lowest BCUT2D eigenvalue weighted by molar-refractivity contribution is 0.357. The van der Waals surface area contributed by atoms with Crippen molar-refractivity contribution in [2.75, 3.05) is 0 Å². The Morgan fingerprint density at radius 3 is 3.06 bits per heavy atom. The van der Waals surface area contributed by atoms with Gasteiger partial charge in [0, 0.05) is 23.0 Å². The van der Waals surface area contributed by atoms with E-state index in [1.54, 1.807) is 11.3 Å². The standard InChI is InChI=1S/C14H24N2S/c1-2-4-12-5-3-7-14(15,8-6-12)9-13-10-16-11-17-13/h10-12H,2-9,15H2,1H3. The molecule has 17 heavy (non-hydrogen) atoms. The fraction of sp³-hybridized carbons (Fsp3) is 0.786. The monoisotopic (exact) mass is 252 g/mol. The summed E-state index contributed by atoms with van der Waals surface area (Å²) in [6.45, 7) is 2.29. The second kappa shape index (κ2) is 5.96. The van der Waals surface area contributed by atoms with Crippen LogP contribution in [0.4, 0.5) is 0 Å². The third-order valence-corrected chi connectivity index (χ3v) is 4.82. The molecular weight excluding hydrogens is 228 g/mol. The molecule has 96 valence electrons. The second-order valence-electron chi connectivity index (χ2n) is 5.59. The molecule has 0 spiro atoms. The highest BCUT2D eigenvalue weighted by Crippen LogP contribution is 2.33. The van der Waals surface area contributed by atoms with Crippen molar-refractivity contribution >= 4 is 11.3 Å². The van der Waals surface area contributed by atoms with Crippen LogP contribution in [0, 0.1) is 5.92 Å². The van der Waals surface area contributed by atoms with Crippen molar-refractivity contribution in [2.24, 2.45) is 11.7 Å². The first-order valence-corrected chi connectivity index (χ1v) is 7.76. The van der Waals surface area contributed by atoms with Gasteiger partial charge < -0.3 is 5.73 Å². The summed E-state index contributed by atoms with van der Waals surface area (Å²) >= 11 is 1.74. The first-order valence-electron chi connectivity index (χ1n) is 6.88. The van der Waals surface area contributed by atoms with Crippen LogP contribution in [0.15, 0.2) is 11.7 Å². The second-order valence-corrected chi connectivity index (χ2v) is 6.56. The third-order valence-electron chi connectivity index (χ3n) is 4.04. The van der Waals surface area contributed by atoms with Gasteiger partial charge in [-0.05, 0) is 25.2 Å². The van der Waals surface area contributed by atoms with Gasteiger partial charge >= 0.3 is 0 Å². The zero-order chi connectivity index (χ0) is 12.1. The van der Waals surface area contributed by atoms with Gasteiger partial charge in [-0.15, -0.1) is 11.3 Å². The molecular formula is C14H24N2S. The van der Waals surface area contributed by atoms with Crippen molar-refractivity contribution in [3.63, 3.8) is 0 Å². The van der Waals surface area contributed by atoms with Crippen LogP contribution >= 0.6 is 11.3 Å². The van der Waals surface area contributed by atoms with Gasteiger partial charge in [0.15, 0.2) is 0 Å². The zero-order valence-corrected chi connectivity index (χ0v) is 11.6. The Bertz CT molecular complexity index is 323. The lowest BCUT2D eigenvalue weighted by atomic mass is 9.86. The van der Waals surface area contributed by atoms with Crippen molar-refractivity contribution in [1.82, 2.24) is 4.98 Å². The third kappa shape index (κ3) is 3.78. The van der Waals surface area contributed by atoms with Gasteiger partial charge in [0.2, 0.25) is 0 Å². The van der Waals surface area contributed by atoms with E-state index < -0.39 is 0 Å². The number of thiazole rings is 1. The van der Waals surface area contributed by atoms with Crippen LogP contribution in [-0.4, -0.2) is 10.5 Å². The fourth-order valence-corrected chi connectivity index (χ4v) is 3.80. The topological polar surface area (TPSA) is 38.9 Å². The van der Waals surface area contributed by atoms with Gasteiger partial charge in [-0.3, -0.25) is 4.98 Å². The highest BCUT2D eigenvalue weighted by Gasteiger charge is 2.29. The summed E-state index contributed by atoms with van der Waals surface area (Å²) in [7, 11) is 0. The summed E-state index contributed by atoms with van der Waals surface area (Å²) in [5, 5.41) is 0. The fourth-order valence-electron chi connectivity index (χ4n) is 3.05. The van der Waals surface area contributed by atoms with E-state index >= 15 is 0 Å². The van der Waals surface area contributed by atoms with Crippen LogP contribution in [0.3, 0.4) is 0 Å². The molecule has 0 radical (unpaired) electrons. The first-order chi connectivity index (χ1) is 8.22. The van der Waals surface area contributed by atoms with Crippen LogP contribution < -0.4 is 5.73 Å². The Hall–Kier alpha value is -0.410. The molecule has 2 N–H and O–H groups in total. The van der Waals surface area contributed by atoms with E-state index in [1.165, 1.54) is 49.8 Å². The number of rotatable bonds is 4. The number of hydrogen-bond acceptors (Lipinski definition) is 3. The lowest BCUT2D eigenvalue weighted by Crippen LogP contribution is -2.41. The molecule has 1 fully saturated rings. The van der Waals surface area contributed by atoms with Crippen LogP contribution in [0.25, 0.3) is 0 Å². The molecule has 1 aromatic rings. The molecule has 1 saturated carbocycles. The van der Waals surface area contributed by atoms with Gasteiger partial charge in [-0.1, -0.05) is 32.6 Å². The van der Waals surface area contributed by atoms with E-state index in [0.29, 0.717) is 0 Å². The van der Waals surface area contributed by atoms with Gasteiger partial charge in [-0.2, -0.15) is 0 Å². The molecule has 0 saturated heterocycles. The average Bonchev–Trinajstić information content (AvgIpc) is 2.72. The predicted molar refractivity (Wildman–Crippen MR) is 74.2 cm³/mol. The molecule has 1 aliphatic carbocycles. The van der Waals surface area contributed by atoms with Crippen LogP contribution in [0.5, 0.6) is 0 Å². The van der Waals surface area contributed by atoms with Gasteiger partial charge in [-0.25, -0.2) is 0 Å². The zero-order valence-electron chi connectivity index (χ0n) is 10.8. The number of aromatic nitrogens is 1.